The SMILES string of the molecule is CN(CCC(F)(F)F)C(=O)c1cc(Br)ccc1N. The van der Waals surface area contributed by atoms with Crippen LogP contribution in [0.15, 0.2) is 22.7 Å². The summed E-state index contributed by atoms with van der Waals surface area (Å²) in [6, 6.07) is 4.67. The Morgan fingerprint density at radius 3 is 2.61 bits per heavy atom. The van der Waals surface area contributed by atoms with E-state index in [1.807, 2.05) is 0 Å². The lowest BCUT2D eigenvalue weighted by atomic mass is 10.1. The van der Waals surface area contributed by atoms with Crippen LogP contribution in [0.1, 0.15) is 16.8 Å². The molecule has 0 aliphatic heterocycles. The Hall–Kier alpha value is -1.24. The van der Waals surface area contributed by atoms with Crippen LogP contribution in [0.5, 0.6) is 0 Å². The standard InChI is InChI=1S/C11H12BrF3N2O/c1-17(5-4-11(13,14)15)10(18)8-6-7(12)2-3-9(8)16/h2-3,6H,4-5,16H2,1H3. The van der Waals surface area contributed by atoms with Gasteiger partial charge in [-0.1, -0.05) is 15.9 Å². The molecule has 0 aliphatic rings. The maximum Gasteiger partial charge on any atom is 0.390 e. The largest absolute Gasteiger partial charge is 0.398 e. The number of nitrogens with zero attached hydrogens (tertiary/aromatic N) is 1. The lowest BCUT2D eigenvalue weighted by Gasteiger charge is -2.19. The van der Waals surface area contributed by atoms with Gasteiger partial charge in [-0.15, -0.1) is 0 Å². The fourth-order valence-electron chi connectivity index (χ4n) is 1.32. The molecular weight excluding hydrogens is 313 g/mol. The zero-order valence-electron chi connectivity index (χ0n) is 9.59. The van der Waals surface area contributed by atoms with Crippen molar-refractivity contribution in [2.75, 3.05) is 19.3 Å². The van der Waals surface area contributed by atoms with Gasteiger partial charge in [-0.25, -0.2) is 0 Å². The van der Waals surface area contributed by atoms with Gasteiger partial charge in [0.15, 0.2) is 0 Å². The summed E-state index contributed by atoms with van der Waals surface area (Å²) in [4.78, 5) is 12.9. The highest BCUT2D eigenvalue weighted by atomic mass is 79.9. The number of hydrogen-bond acceptors (Lipinski definition) is 2. The molecule has 0 saturated carbocycles. The van der Waals surface area contributed by atoms with Crippen LogP contribution in [0.2, 0.25) is 0 Å². The highest BCUT2D eigenvalue weighted by Crippen LogP contribution is 2.22. The van der Waals surface area contributed by atoms with Gasteiger partial charge < -0.3 is 10.6 Å². The van der Waals surface area contributed by atoms with Crippen LogP contribution in [0.3, 0.4) is 0 Å². The third kappa shape index (κ3) is 4.21. The minimum Gasteiger partial charge on any atom is -0.398 e. The second-order valence-corrected chi connectivity index (χ2v) is 4.74. The van der Waals surface area contributed by atoms with Crippen molar-refractivity contribution in [1.29, 1.82) is 0 Å². The third-order valence-corrected chi connectivity index (χ3v) is 2.82. The number of alkyl halides is 3. The van der Waals surface area contributed by atoms with Crippen LogP contribution in [0.25, 0.3) is 0 Å². The van der Waals surface area contributed by atoms with E-state index >= 15 is 0 Å². The molecule has 0 heterocycles. The number of nitrogen functional groups attached to an aromatic ring is 1. The van der Waals surface area contributed by atoms with Crippen molar-refractivity contribution in [2.24, 2.45) is 0 Å². The van der Waals surface area contributed by atoms with E-state index < -0.39 is 25.0 Å². The van der Waals surface area contributed by atoms with E-state index in [4.69, 9.17) is 5.73 Å². The summed E-state index contributed by atoms with van der Waals surface area (Å²) in [5.41, 5.74) is 6.05. The number of hydrogen-bond donors (Lipinski definition) is 1. The van der Waals surface area contributed by atoms with Gasteiger partial charge in [0.05, 0.1) is 12.0 Å². The Bertz CT molecular complexity index is 448. The molecule has 100 valence electrons. The van der Waals surface area contributed by atoms with E-state index in [9.17, 15) is 18.0 Å². The summed E-state index contributed by atoms with van der Waals surface area (Å²) in [5, 5.41) is 0. The summed E-state index contributed by atoms with van der Waals surface area (Å²) in [5.74, 6) is -0.530. The average molecular weight is 325 g/mol. The molecule has 0 radical (unpaired) electrons. The minimum absolute atomic E-state index is 0.189. The normalized spacial score (nSPS) is 11.4. The topological polar surface area (TPSA) is 46.3 Å². The van der Waals surface area contributed by atoms with E-state index in [1.165, 1.54) is 19.2 Å². The summed E-state index contributed by atoms with van der Waals surface area (Å²) in [6.07, 6.45) is -5.32. The van der Waals surface area contributed by atoms with E-state index in [0.717, 1.165) is 4.90 Å². The van der Waals surface area contributed by atoms with Crippen molar-refractivity contribution in [3.8, 4) is 0 Å². The highest BCUT2D eigenvalue weighted by molar-refractivity contribution is 9.10. The van der Waals surface area contributed by atoms with Gasteiger partial charge in [-0.2, -0.15) is 13.2 Å². The number of anilines is 1. The van der Waals surface area contributed by atoms with Crippen LogP contribution in [-0.2, 0) is 0 Å². The Morgan fingerprint density at radius 2 is 2.06 bits per heavy atom. The van der Waals surface area contributed by atoms with E-state index in [-0.39, 0.29) is 11.3 Å². The molecular formula is C11H12BrF3N2O. The molecule has 0 spiro atoms. The van der Waals surface area contributed by atoms with Crippen molar-refractivity contribution >= 4 is 27.5 Å². The van der Waals surface area contributed by atoms with Crippen molar-refractivity contribution in [2.45, 2.75) is 12.6 Å². The Morgan fingerprint density at radius 1 is 1.44 bits per heavy atom. The number of carbonyl (C=O) groups excluding carboxylic acids is 1. The summed E-state index contributed by atoms with van der Waals surface area (Å²) in [7, 11) is 1.31. The average Bonchev–Trinajstić information content (AvgIpc) is 2.27. The molecule has 0 bridgehead atoms. The molecule has 1 amide bonds. The van der Waals surface area contributed by atoms with Crippen molar-refractivity contribution in [3.05, 3.63) is 28.2 Å². The molecule has 0 saturated heterocycles. The molecule has 7 heteroatoms. The number of benzene rings is 1. The van der Waals surface area contributed by atoms with Gasteiger partial charge >= 0.3 is 6.18 Å². The molecule has 0 aromatic heterocycles. The predicted molar refractivity (Wildman–Crippen MR) is 66.2 cm³/mol. The fraction of sp³-hybridized carbons (Fsp3) is 0.364. The number of rotatable bonds is 3. The molecule has 0 aliphatic carbocycles. The van der Waals surface area contributed by atoms with Gasteiger partial charge in [0.1, 0.15) is 0 Å². The maximum atomic E-state index is 12.1. The summed E-state index contributed by atoms with van der Waals surface area (Å²) >= 11 is 3.18. The fourth-order valence-corrected chi connectivity index (χ4v) is 1.68. The van der Waals surface area contributed by atoms with Gasteiger partial charge in [-0.05, 0) is 18.2 Å². The quantitative estimate of drug-likeness (QED) is 0.868. The highest BCUT2D eigenvalue weighted by Gasteiger charge is 2.28. The van der Waals surface area contributed by atoms with Crippen LogP contribution in [0, 0.1) is 0 Å². The van der Waals surface area contributed by atoms with Crippen LogP contribution < -0.4 is 5.73 Å². The minimum atomic E-state index is -4.28. The van der Waals surface area contributed by atoms with Crippen molar-refractivity contribution in [3.63, 3.8) is 0 Å². The Balaban J connectivity index is 2.77. The van der Waals surface area contributed by atoms with Crippen molar-refractivity contribution < 1.29 is 18.0 Å². The first kappa shape index (κ1) is 14.8. The first-order valence-corrected chi connectivity index (χ1v) is 5.87. The van der Waals surface area contributed by atoms with Crippen molar-refractivity contribution in [1.82, 2.24) is 4.90 Å². The molecule has 18 heavy (non-hydrogen) atoms. The van der Waals surface area contributed by atoms with Gasteiger partial charge in [0, 0.05) is 23.8 Å². The van der Waals surface area contributed by atoms with Gasteiger partial charge in [0.25, 0.3) is 5.91 Å². The number of halogens is 4. The molecule has 1 aromatic rings. The van der Waals surface area contributed by atoms with E-state index in [0.29, 0.717) is 4.47 Å². The molecule has 2 N–H and O–H groups in total. The molecule has 0 unspecified atom stereocenters. The number of amides is 1. The Labute approximate surface area is 111 Å². The first-order chi connectivity index (χ1) is 8.20. The van der Waals surface area contributed by atoms with Gasteiger partial charge in [0.2, 0.25) is 0 Å². The predicted octanol–water partition coefficient (Wildman–Crippen LogP) is 3.06. The smallest absolute Gasteiger partial charge is 0.390 e. The molecule has 1 aromatic carbocycles. The van der Waals surface area contributed by atoms with Crippen LogP contribution in [0.4, 0.5) is 18.9 Å². The van der Waals surface area contributed by atoms with Gasteiger partial charge in [-0.3, -0.25) is 4.79 Å². The molecule has 3 nitrogen and oxygen atoms in total. The monoisotopic (exact) mass is 324 g/mol. The van der Waals surface area contributed by atoms with E-state index in [1.54, 1.807) is 6.07 Å². The lowest BCUT2D eigenvalue weighted by molar-refractivity contribution is -0.136. The second kappa shape index (κ2) is 5.60. The third-order valence-electron chi connectivity index (χ3n) is 2.32. The Kier molecular flexibility index (Phi) is 4.61. The summed E-state index contributed by atoms with van der Waals surface area (Å²) in [6.45, 7) is -0.395. The molecule has 1 rings (SSSR count). The first-order valence-electron chi connectivity index (χ1n) is 5.08. The van der Waals surface area contributed by atoms with E-state index in [2.05, 4.69) is 15.9 Å². The number of carbonyl (C=O) groups is 1. The molecule has 0 fully saturated rings. The molecule has 0 atom stereocenters. The number of nitrogens with two attached hydrogens (primary N) is 1. The summed E-state index contributed by atoms with van der Waals surface area (Å²) < 4.78 is 36.8. The zero-order chi connectivity index (χ0) is 13.9. The zero-order valence-corrected chi connectivity index (χ0v) is 11.2. The van der Waals surface area contributed by atoms with Crippen LogP contribution >= 0.6 is 15.9 Å². The van der Waals surface area contributed by atoms with Crippen LogP contribution in [-0.4, -0.2) is 30.6 Å². The maximum absolute atomic E-state index is 12.1. The second-order valence-electron chi connectivity index (χ2n) is 3.82. The lowest BCUT2D eigenvalue weighted by Crippen LogP contribution is -2.31.